The van der Waals surface area contributed by atoms with E-state index < -0.39 is 0 Å². The van der Waals surface area contributed by atoms with Gasteiger partial charge >= 0.3 is 12.1 Å². The van der Waals surface area contributed by atoms with Crippen LogP contribution in [0.1, 0.15) is 33.3 Å². The number of carbonyl (C=O) groups is 2. The van der Waals surface area contributed by atoms with E-state index in [1.165, 1.54) is 0 Å². The van der Waals surface area contributed by atoms with Gasteiger partial charge in [-0.15, -0.1) is 0 Å². The van der Waals surface area contributed by atoms with Crippen LogP contribution in [0.15, 0.2) is 30.3 Å². The number of carbonyl (C=O) groups excluding carboxylic acids is 2. The van der Waals surface area contributed by atoms with Gasteiger partial charge in [0.15, 0.2) is 0 Å². The molecule has 1 unspecified atom stereocenters. The van der Waals surface area contributed by atoms with Crippen molar-refractivity contribution in [2.24, 2.45) is 0 Å². The van der Waals surface area contributed by atoms with E-state index in [-0.39, 0.29) is 36.3 Å². The van der Waals surface area contributed by atoms with Crippen molar-refractivity contribution in [1.29, 1.82) is 0 Å². The van der Waals surface area contributed by atoms with Crippen molar-refractivity contribution in [1.82, 2.24) is 21.3 Å². The lowest BCUT2D eigenvalue weighted by atomic mass is 10.1. The number of nitrogens with one attached hydrogen (secondary N) is 4. The zero-order valence-corrected chi connectivity index (χ0v) is 15.7. The molecule has 0 aliphatic rings. The van der Waals surface area contributed by atoms with Crippen LogP contribution in [0.3, 0.4) is 0 Å². The average molecular weight is 350 g/mol. The van der Waals surface area contributed by atoms with Gasteiger partial charge < -0.3 is 26.0 Å². The number of urea groups is 2. The Bertz CT molecular complexity index is 543. The highest BCUT2D eigenvalue weighted by Gasteiger charge is 2.23. The van der Waals surface area contributed by atoms with Crippen molar-refractivity contribution in [2.75, 3.05) is 13.6 Å². The molecule has 0 aromatic heterocycles. The molecular weight excluding hydrogens is 320 g/mol. The Morgan fingerprint density at radius 3 is 2.32 bits per heavy atom. The van der Waals surface area contributed by atoms with E-state index in [0.29, 0.717) is 6.61 Å². The average Bonchev–Trinajstić information content (AvgIpc) is 2.55. The third-order valence-electron chi connectivity index (χ3n) is 3.44. The number of ether oxygens (including phenoxy) is 1. The number of hydrogen-bond acceptors (Lipinski definition) is 3. The van der Waals surface area contributed by atoms with Crippen molar-refractivity contribution >= 4 is 12.1 Å². The molecule has 0 saturated carbocycles. The molecular formula is C18H30N4O3. The molecule has 0 heterocycles. The third-order valence-corrected chi connectivity index (χ3v) is 3.44. The molecule has 2 atom stereocenters. The zero-order chi connectivity index (χ0) is 18.9. The van der Waals surface area contributed by atoms with Gasteiger partial charge in [0.1, 0.15) is 0 Å². The molecule has 1 rings (SSSR count). The van der Waals surface area contributed by atoms with Gasteiger partial charge in [-0.3, -0.25) is 0 Å². The Hall–Kier alpha value is -2.28. The number of rotatable bonds is 7. The standard InChI is InChI=1S/C18H30N4O3/c1-13(25-12-14-9-7-6-8-10-14)15(11-20-16(23)19-5)21-17(24)22-18(2,3)4/h6-10,13,15H,11-12H2,1-5H3,(H2,19,20,23)(H2,21,22,24)/t13?,15-/m1/s1. The lowest BCUT2D eigenvalue weighted by Gasteiger charge is -2.28. The van der Waals surface area contributed by atoms with Gasteiger partial charge in [-0.2, -0.15) is 0 Å². The lowest BCUT2D eigenvalue weighted by molar-refractivity contribution is 0.0299. The van der Waals surface area contributed by atoms with Crippen LogP contribution in [0.25, 0.3) is 0 Å². The van der Waals surface area contributed by atoms with E-state index in [4.69, 9.17) is 4.74 Å². The monoisotopic (exact) mass is 350 g/mol. The van der Waals surface area contributed by atoms with E-state index in [1.807, 2.05) is 58.0 Å². The highest BCUT2D eigenvalue weighted by Crippen LogP contribution is 2.07. The molecule has 1 aromatic carbocycles. The van der Waals surface area contributed by atoms with Crippen LogP contribution in [-0.2, 0) is 11.3 Å². The normalized spacial score (nSPS) is 13.5. The minimum atomic E-state index is -0.372. The Labute approximate surface area is 149 Å². The summed E-state index contributed by atoms with van der Waals surface area (Å²) in [4.78, 5) is 23.6. The van der Waals surface area contributed by atoms with E-state index in [0.717, 1.165) is 5.56 Å². The van der Waals surface area contributed by atoms with Gasteiger partial charge in [-0.1, -0.05) is 30.3 Å². The fourth-order valence-corrected chi connectivity index (χ4v) is 2.09. The summed E-state index contributed by atoms with van der Waals surface area (Å²) in [6.45, 7) is 8.27. The smallest absolute Gasteiger partial charge is 0.315 e. The molecule has 0 fully saturated rings. The highest BCUT2D eigenvalue weighted by molar-refractivity contribution is 5.76. The minimum absolute atomic E-state index is 0.257. The first kappa shape index (κ1) is 20.8. The van der Waals surface area contributed by atoms with Crippen LogP contribution in [0.4, 0.5) is 9.59 Å². The Morgan fingerprint density at radius 2 is 1.76 bits per heavy atom. The van der Waals surface area contributed by atoms with Crippen LogP contribution in [0.2, 0.25) is 0 Å². The molecule has 0 spiro atoms. The highest BCUT2D eigenvalue weighted by atomic mass is 16.5. The van der Waals surface area contributed by atoms with Crippen molar-refractivity contribution < 1.29 is 14.3 Å². The molecule has 25 heavy (non-hydrogen) atoms. The maximum absolute atomic E-state index is 12.2. The second-order valence-corrected chi connectivity index (χ2v) is 6.92. The molecule has 140 valence electrons. The van der Waals surface area contributed by atoms with Crippen molar-refractivity contribution in [3.63, 3.8) is 0 Å². The van der Waals surface area contributed by atoms with E-state index in [9.17, 15) is 9.59 Å². The summed E-state index contributed by atoms with van der Waals surface area (Å²) >= 11 is 0. The lowest BCUT2D eigenvalue weighted by Crippen LogP contribution is -2.56. The minimum Gasteiger partial charge on any atom is -0.372 e. The first-order valence-electron chi connectivity index (χ1n) is 8.41. The summed E-state index contributed by atoms with van der Waals surface area (Å²) in [5.41, 5.74) is 0.697. The topological polar surface area (TPSA) is 91.5 Å². The predicted octanol–water partition coefficient (Wildman–Crippen LogP) is 1.99. The SMILES string of the molecule is CNC(=O)NC[C@@H](NC(=O)NC(C)(C)C)C(C)OCc1ccccc1. The molecule has 1 aromatic rings. The second-order valence-electron chi connectivity index (χ2n) is 6.92. The molecule has 0 aliphatic heterocycles. The Morgan fingerprint density at radius 1 is 1.12 bits per heavy atom. The maximum atomic E-state index is 12.2. The fourth-order valence-electron chi connectivity index (χ4n) is 2.09. The van der Waals surface area contributed by atoms with Gasteiger partial charge in [-0.25, -0.2) is 9.59 Å². The summed E-state index contributed by atoms with van der Waals surface area (Å²) < 4.78 is 5.87. The largest absolute Gasteiger partial charge is 0.372 e. The van der Waals surface area contributed by atoms with Gasteiger partial charge in [0.2, 0.25) is 0 Å². The number of benzene rings is 1. The maximum Gasteiger partial charge on any atom is 0.315 e. The van der Waals surface area contributed by atoms with Gasteiger partial charge in [-0.05, 0) is 33.3 Å². The summed E-state index contributed by atoms with van der Waals surface area (Å²) in [5.74, 6) is 0. The number of hydrogen-bond donors (Lipinski definition) is 4. The van der Waals surface area contributed by atoms with Crippen molar-refractivity contribution in [3.05, 3.63) is 35.9 Å². The van der Waals surface area contributed by atoms with Gasteiger partial charge in [0.05, 0.1) is 18.8 Å². The Kier molecular flexibility index (Phi) is 8.21. The van der Waals surface area contributed by atoms with E-state index in [1.54, 1.807) is 7.05 Å². The van der Waals surface area contributed by atoms with E-state index in [2.05, 4.69) is 21.3 Å². The summed E-state index contributed by atoms with van der Waals surface area (Å²) in [5, 5.41) is 10.9. The Balaban J connectivity index is 2.64. The third kappa shape index (κ3) is 8.95. The first-order chi connectivity index (χ1) is 11.7. The van der Waals surface area contributed by atoms with Crippen LogP contribution < -0.4 is 21.3 Å². The molecule has 7 heteroatoms. The molecule has 7 nitrogen and oxygen atoms in total. The van der Waals surface area contributed by atoms with Gasteiger partial charge in [0, 0.05) is 19.1 Å². The zero-order valence-electron chi connectivity index (χ0n) is 15.7. The molecule has 0 radical (unpaired) electrons. The second kappa shape index (κ2) is 9.88. The van der Waals surface area contributed by atoms with Crippen LogP contribution in [-0.4, -0.2) is 43.3 Å². The quantitative estimate of drug-likeness (QED) is 0.606. The van der Waals surface area contributed by atoms with Gasteiger partial charge in [0.25, 0.3) is 0 Å². The predicted molar refractivity (Wildman–Crippen MR) is 98.4 cm³/mol. The summed E-state index contributed by atoms with van der Waals surface area (Å²) in [7, 11) is 1.54. The summed E-state index contributed by atoms with van der Waals surface area (Å²) in [6, 6.07) is 8.81. The molecule has 0 bridgehead atoms. The van der Waals surface area contributed by atoms with Crippen molar-refractivity contribution in [2.45, 2.75) is 52.0 Å². The molecule has 4 amide bonds. The van der Waals surface area contributed by atoms with Crippen LogP contribution in [0, 0.1) is 0 Å². The van der Waals surface area contributed by atoms with Crippen LogP contribution in [0.5, 0.6) is 0 Å². The number of amides is 4. The van der Waals surface area contributed by atoms with E-state index >= 15 is 0 Å². The van der Waals surface area contributed by atoms with Crippen LogP contribution >= 0.6 is 0 Å². The molecule has 0 saturated heterocycles. The first-order valence-corrected chi connectivity index (χ1v) is 8.41. The molecule has 4 N–H and O–H groups in total. The fraction of sp³-hybridized carbons (Fsp3) is 0.556. The summed E-state index contributed by atoms with van der Waals surface area (Å²) in [6.07, 6.45) is -0.289. The van der Waals surface area contributed by atoms with Crippen molar-refractivity contribution in [3.8, 4) is 0 Å². The molecule has 0 aliphatic carbocycles.